The lowest BCUT2D eigenvalue weighted by atomic mass is 10.1. The van der Waals surface area contributed by atoms with Crippen molar-refractivity contribution in [1.29, 1.82) is 0 Å². The molecule has 24 heavy (non-hydrogen) atoms. The monoisotopic (exact) mass is 345 g/mol. The zero-order valence-corrected chi connectivity index (χ0v) is 13.8. The summed E-state index contributed by atoms with van der Waals surface area (Å²) in [5.74, 6) is 0.460. The van der Waals surface area contributed by atoms with Gasteiger partial charge in [0.15, 0.2) is 6.04 Å². The van der Waals surface area contributed by atoms with Gasteiger partial charge in [-0.1, -0.05) is 12.1 Å². The normalized spacial score (nSPS) is 18.0. The van der Waals surface area contributed by atoms with E-state index >= 15 is 0 Å². The Balaban J connectivity index is 2.12. The molecular formula is C16H22F3N3O2. The van der Waals surface area contributed by atoms with Crippen LogP contribution in [0.5, 0.6) is 5.75 Å². The third kappa shape index (κ3) is 4.77. The molecule has 0 unspecified atom stereocenters. The van der Waals surface area contributed by atoms with Crippen LogP contribution in [0.2, 0.25) is 0 Å². The summed E-state index contributed by atoms with van der Waals surface area (Å²) in [5.41, 5.74) is -0.0245. The highest BCUT2D eigenvalue weighted by Gasteiger charge is 2.42. The minimum atomic E-state index is -4.58. The van der Waals surface area contributed by atoms with Gasteiger partial charge >= 0.3 is 12.2 Å². The molecule has 1 fully saturated rings. The third-order valence-electron chi connectivity index (χ3n) is 4.05. The van der Waals surface area contributed by atoms with E-state index in [4.69, 9.17) is 4.74 Å². The van der Waals surface area contributed by atoms with Crippen LogP contribution >= 0.6 is 0 Å². The largest absolute Gasteiger partial charge is 0.497 e. The van der Waals surface area contributed by atoms with Gasteiger partial charge in [0.05, 0.1) is 7.11 Å². The molecule has 0 spiro atoms. The van der Waals surface area contributed by atoms with Crippen molar-refractivity contribution in [2.45, 2.75) is 18.6 Å². The Hall–Kier alpha value is -1.96. The Bertz CT molecular complexity index is 548. The van der Waals surface area contributed by atoms with Crippen molar-refractivity contribution in [3.8, 4) is 5.75 Å². The average Bonchev–Trinajstić information content (AvgIpc) is 2.76. The molecule has 1 aliphatic rings. The van der Waals surface area contributed by atoms with Gasteiger partial charge in [-0.05, 0) is 37.7 Å². The van der Waals surface area contributed by atoms with Gasteiger partial charge in [0.1, 0.15) is 5.75 Å². The number of rotatable bonds is 3. The molecule has 1 aromatic carbocycles. The molecule has 8 heteroatoms. The molecule has 0 aliphatic carbocycles. The number of methoxy groups -OCH3 is 1. The second kappa shape index (κ2) is 7.74. The zero-order valence-electron chi connectivity index (χ0n) is 13.8. The van der Waals surface area contributed by atoms with E-state index in [-0.39, 0.29) is 5.56 Å². The first-order valence-corrected chi connectivity index (χ1v) is 7.76. The molecule has 1 saturated heterocycles. The van der Waals surface area contributed by atoms with E-state index < -0.39 is 18.2 Å². The van der Waals surface area contributed by atoms with Gasteiger partial charge in [-0.3, -0.25) is 0 Å². The Morgan fingerprint density at radius 3 is 2.42 bits per heavy atom. The molecule has 1 atom stereocenters. The van der Waals surface area contributed by atoms with Crippen LogP contribution in [0, 0.1) is 0 Å². The standard InChI is InChI=1S/C16H22F3N3O2/c1-21-8-3-9-22(11-10-21)15(23)20-14(16(17,18)19)12-4-6-13(24-2)7-5-12/h4-7,14H,3,8-11H2,1-2H3,(H,20,23)/t14-/m0/s1. The zero-order chi connectivity index (χ0) is 17.7. The highest BCUT2D eigenvalue weighted by Crippen LogP contribution is 2.33. The van der Waals surface area contributed by atoms with Gasteiger partial charge in [0, 0.05) is 19.6 Å². The van der Waals surface area contributed by atoms with Crippen molar-refractivity contribution in [3.63, 3.8) is 0 Å². The van der Waals surface area contributed by atoms with Gasteiger partial charge in [-0.25, -0.2) is 4.79 Å². The first kappa shape index (κ1) is 18.4. The Morgan fingerprint density at radius 1 is 1.17 bits per heavy atom. The number of nitrogens with one attached hydrogen (secondary N) is 1. The quantitative estimate of drug-likeness (QED) is 0.916. The highest BCUT2D eigenvalue weighted by molar-refractivity contribution is 5.75. The van der Waals surface area contributed by atoms with Gasteiger partial charge in [-0.15, -0.1) is 0 Å². The van der Waals surface area contributed by atoms with E-state index in [9.17, 15) is 18.0 Å². The summed E-state index contributed by atoms with van der Waals surface area (Å²) in [4.78, 5) is 15.8. The number of likely N-dealkylation sites (N-methyl/N-ethyl adjacent to an activating group) is 1. The summed E-state index contributed by atoms with van der Waals surface area (Å²) in [6.07, 6.45) is -3.84. The van der Waals surface area contributed by atoms with Crippen LogP contribution in [0.25, 0.3) is 0 Å². The number of benzene rings is 1. The van der Waals surface area contributed by atoms with Crippen LogP contribution < -0.4 is 10.1 Å². The summed E-state index contributed by atoms with van der Waals surface area (Å²) in [6.45, 7) is 2.33. The molecule has 5 nitrogen and oxygen atoms in total. The molecule has 0 saturated carbocycles. The van der Waals surface area contributed by atoms with Gasteiger partial charge in [-0.2, -0.15) is 13.2 Å². The number of carbonyl (C=O) groups is 1. The lowest BCUT2D eigenvalue weighted by Gasteiger charge is -2.27. The topological polar surface area (TPSA) is 44.8 Å². The van der Waals surface area contributed by atoms with Crippen LogP contribution in [0.4, 0.5) is 18.0 Å². The molecule has 0 aromatic heterocycles. The van der Waals surface area contributed by atoms with E-state index in [1.165, 1.54) is 36.3 Å². The first-order chi connectivity index (χ1) is 11.3. The maximum Gasteiger partial charge on any atom is 0.412 e. The lowest BCUT2D eigenvalue weighted by molar-refractivity contribution is -0.155. The molecule has 1 heterocycles. The number of alkyl halides is 3. The van der Waals surface area contributed by atoms with E-state index in [1.54, 1.807) is 0 Å². The van der Waals surface area contributed by atoms with E-state index in [2.05, 4.69) is 10.2 Å². The molecule has 1 aromatic rings. The molecule has 2 amide bonds. The lowest BCUT2D eigenvalue weighted by Crippen LogP contribution is -2.46. The average molecular weight is 345 g/mol. The van der Waals surface area contributed by atoms with Gasteiger partial charge in [0.2, 0.25) is 0 Å². The van der Waals surface area contributed by atoms with Crippen LogP contribution in [0.1, 0.15) is 18.0 Å². The maximum atomic E-state index is 13.4. The van der Waals surface area contributed by atoms with Crippen LogP contribution in [-0.2, 0) is 0 Å². The predicted molar refractivity (Wildman–Crippen MR) is 84.0 cm³/mol. The second-order valence-electron chi connectivity index (χ2n) is 5.84. The Morgan fingerprint density at radius 2 is 1.83 bits per heavy atom. The Labute approximate surface area is 139 Å². The van der Waals surface area contributed by atoms with E-state index in [0.717, 1.165) is 13.0 Å². The molecule has 1 N–H and O–H groups in total. The molecule has 1 aliphatic heterocycles. The van der Waals surface area contributed by atoms with Crippen LogP contribution in [-0.4, -0.2) is 62.3 Å². The molecule has 2 rings (SSSR count). The minimum absolute atomic E-state index is 0.0245. The summed E-state index contributed by atoms with van der Waals surface area (Å²) < 4.78 is 45.1. The first-order valence-electron chi connectivity index (χ1n) is 7.76. The molecule has 0 radical (unpaired) electrons. The van der Waals surface area contributed by atoms with Crippen LogP contribution in [0.3, 0.4) is 0 Å². The van der Waals surface area contributed by atoms with Crippen molar-refractivity contribution < 1.29 is 22.7 Å². The molecule has 134 valence electrons. The number of ether oxygens (including phenoxy) is 1. The van der Waals surface area contributed by atoms with Crippen molar-refractivity contribution >= 4 is 6.03 Å². The fourth-order valence-electron chi connectivity index (χ4n) is 2.61. The Kier molecular flexibility index (Phi) is 5.93. The van der Waals surface area contributed by atoms with Gasteiger partial charge < -0.3 is 19.9 Å². The molecular weight excluding hydrogens is 323 g/mol. The van der Waals surface area contributed by atoms with Crippen molar-refractivity contribution in [1.82, 2.24) is 15.1 Å². The highest BCUT2D eigenvalue weighted by atomic mass is 19.4. The van der Waals surface area contributed by atoms with E-state index in [0.29, 0.717) is 25.4 Å². The minimum Gasteiger partial charge on any atom is -0.497 e. The number of urea groups is 1. The number of hydrogen-bond donors (Lipinski definition) is 1. The number of carbonyl (C=O) groups excluding carboxylic acids is 1. The SMILES string of the molecule is COc1ccc([C@H](NC(=O)N2CCCN(C)CC2)C(F)(F)F)cc1. The summed E-state index contributed by atoms with van der Waals surface area (Å²) >= 11 is 0. The number of halogens is 3. The number of amides is 2. The van der Waals surface area contributed by atoms with Gasteiger partial charge in [0.25, 0.3) is 0 Å². The van der Waals surface area contributed by atoms with Crippen molar-refractivity contribution in [3.05, 3.63) is 29.8 Å². The molecule has 0 bridgehead atoms. The van der Waals surface area contributed by atoms with Crippen molar-refractivity contribution in [2.75, 3.05) is 40.3 Å². The number of nitrogens with zero attached hydrogens (tertiary/aromatic N) is 2. The maximum absolute atomic E-state index is 13.4. The summed E-state index contributed by atoms with van der Waals surface area (Å²) in [6, 6.07) is 2.78. The fourth-order valence-corrected chi connectivity index (χ4v) is 2.61. The van der Waals surface area contributed by atoms with Crippen LogP contribution in [0.15, 0.2) is 24.3 Å². The third-order valence-corrected chi connectivity index (χ3v) is 4.05. The van der Waals surface area contributed by atoms with Crippen molar-refractivity contribution in [2.24, 2.45) is 0 Å². The summed E-state index contributed by atoms with van der Waals surface area (Å²) in [5, 5.41) is 2.13. The smallest absolute Gasteiger partial charge is 0.412 e. The number of hydrogen-bond acceptors (Lipinski definition) is 3. The predicted octanol–water partition coefficient (Wildman–Crippen LogP) is 2.65. The fraction of sp³-hybridized carbons (Fsp3) is 0.562. The van der Waals surface area contributed by atoms with E-state index in [1.807, 2.05) is 7.05 Å². The summed E-state index contributed by atoms with van der Waals surface area (Å²) in [7, 11) is 3.37. The second-order valence-corrected chi connectivity index (χ2v) is 5.84.